The molecule has 168 valence electrons. The van der Waals surface area contributed by atoms with E-state index in [1.165, 1.54) is 12.4 Å². The zero-order chi connectivity index (χ0) is 22.6. The van der Waals surface area contributed by atoms with Gasteiger partial charge in [-0.25, -0.2) is 9.97 Å². The highest BCUT2D eigenvalue weighted by molar-refractivity contribution is 5.94. The van der Waals surface area contributed by atoms with Crippen LogP contribution in [0.1, 0.15) is 0 Å². The molecule has 2 aromatic carbocycles. The number of morpholine rings is 1. The number of pyridine rings is 1. The van der Waals surface area contributed by atoms with E-state index in [1.807, 2.05) is 30.3 Å². The third-order valence-electron chi connectivity index (χ3n) is 5.55. The Bertz CT molecular complexity index is 1310. The van der Waals surface area contributed by atoms with Gasteiger partial charge in [-0.15, -0.1) is 0 Å². The fourth-order valence-corrected chi connectivity index (χ4v) is 3.83. The van der Waals surface area contributed by atoms with Crippen molar-refractivity contribution >= 4 is 39.0 Å². The molecule has 0 aliphatic carbocycles. The second-order valence-electron chi connectivity index (χ2n) is 7.65. The number of rotatable bonds is 7. The summed E-state index contributed by atoms with van der Waals surface area (Å²) in [6.45, 7) is 4.05. The first-order chi connectivity index (χ1) is 16.2. The maximum absolute atomic E-state index is 11.8. The number of fused-ring (bicyclic) bond motifs is 2. The predicted octanol–water partition coefficient (Wildman–Crippen LogP) is 3.54. The van der Waals surface area contributed by atoms with Crippen LogP contribution in [-0.4, -0.2) is 64.2 Å². The number of aromatic nitrogens is 3. The fourth-order valence-electron chi connectivity index (χ4n) is 3.83. The smallest absolute Gasteiger partial charge is 0.311 e. The summed E-state index contributed by atoms with van der Waals surface area (Å²) < 4.78 is 11.1. The van der Waals surface area contributed by atoms with E-state index in [1.54, 1.807) is 12.3 Å². The topological polar surface area (TPSA) is 116 Å². The average Bonchev–Trinajstić information content (AvgIpc) is 2.84. The molecule has 1 saturated heterocycles. The van der Waals surface area contributed by atoms with Gasteiger partial charge in [0, 0.05) is 49.0 Å². The molecule has 2 aromatic heterocycles. The molecule has 1 N–H and O–H groups in total. The average molecular weight is 446 g/mol. The normalized spacial score (nSPS) is 14.4. The van der Waals surface area contributed by atoms with Crippen LogP contribution < -0.4 is 10.1 Å². The Balaban J connectivity index is 1.41. The largest absolute Gasteiger partial charge is 0.485 e. The van der Waals surface area contributed by atoms with Gasteiger partial charge in [-0.05, 0) is 24.3 Å². The monoisotopic (exact) mass is 446 g/mol. The first-order valence-corrected chi connectivity index (χ1v) is 10.7. The number of nitro groups is 1. The van der Waals surface area contributed by atoms with E-state index in [4.69, 9.17) is 9.47 Å². The highest BCUT2D eigenvalue weighted by atomic mass is 16.6. The van der Waals surface area contributed by atoms with Crippen LogP contribution in [-0.2, 0) is 4.74 Å². The quantitative estimate of drug-likeness (QED) is 0.336. The van der Waals surface area contributed by atoms with E-state index in [0.717, 1.165) is 29.7 Å². The number of anilines is 2. The summed E-state index contributed by atoms with van der Waals surface area (Å²) >= 11 is 0. The van der Waals surface area contributed by atoms with Crippen molar-refractivity contribution in [1.29, 1.82) is 0 Å². The SMILES string of the molecule is O=[N+]([O-])c1cc2c(Nc3ccc4ncccc4c3)ncnc2cc1OCCN1CCOCC1. The van der Waals surface area contributed by atoms with Crippen molar-refractivity contribution in [3.8, 4) is 5.75 Å². The second-order valence-corrected chi connectivity index (χ2v) is 7.65. The molecule has 1 aliphatic rings. The Morgan fingerprint density at radius 3 is 2.82 bits per heavy atom. The zero-order valence-corrected chi connectivity index (χ0v) is 17.8. The molecule has 0 atom stereocenters. The summed E-state index contributed by atoms with van der Waals surface area (Å²) in [5.41, 5.74) is 2.11. The molecule has 1 fully saturated rings. The number of nitro benzene ring substituents is 1. The number of hydrogen-bond acceptors (Lipinski definition) is 9. The minimum Gasteiger partial charge on any atom is -0.485 e. The Hall–Kier alpha value is -3.89. The Morgan fingerprint density at radius 2 is 1.97 bits per heavy atom. The number of nitrogens with zero attached hydrogens (tertiary/aromatic N) is 5. The van der Waals surface area contributed by atoms with Gasteiger partial charge in [-0.3, -0.25) is 20.0 Å². The molecule has 0 saturated carbocycles. The Labute approximate surface area is 189 Å². The molecular weight excluding hydrogens is 424 g/mol. The number of benzene rings is 2. The summed E-state index contributed by atoms with van der Waals surface area (Å²) in [6.07, 6.45) is 3.17. The molecule has 1 aliphatic heterocycles. The first kappa shape index (κ1) is 21.0. The molecule has 0 bridgehead atoms. The van der Waals surface area contributed by atoms with Gasteiger partial charge in [0.05, 0.1) is 34.6 Å². The third kappa shape index (κ3) is 4.66. The van der Waals surface area contributed by atoms with Crippen molar-refractivity contribution < 1.29 is 14.4 Å². The lowest BCUT2D eigenvalue weighted by Crippen LogP contribution is -2.38. The summed E-state index contributed by atoms with van der Waals surface area (Å²) in [5.74, 6) is 0.674. The highest BCUT2D eigenvalue weighted by Gasteiger charge is 2.20. The van der Waals surface area contributed by atoms with Gasteiger partial charge in [0.2, 0.25) is 0 Å². The number of ether oxygens (including phenoxy) is 2. The van der Waals surface area contributed by atoms with E-state index in [0.29, 0.717) is 43.1 Å². The molecular formula is C23H22N6O4. The summed E-state index contributed by atoms with van der Waals surface area (Å²) in [4.78, 5) is 26.5. The Kier molecular flexibility index (Phi) is 5.92. The molecule has 10 nitrogen and oxygen atoms in total. The van der Waals surface area contributed by atoms with Crippen LogP contribution >= 0.6 is 0 Å². The van der Waals surface area contributed by atoms with Crippen LogP contribution in [0, 0.1) is 10.1 Å². The van der Waals surface area contributed by atoms with Gasteiger partial charge in [-0.1, -0.05) is 6.07 Å². The van der Waals surface area contributed by atoms with Crippen LogP contribution in [0.3, 0.4) is 0 Å². The minimum atomic E-state index is -0.442. The van der Waals surface area contributed by atoms with Crippen LogP contribution in [0.2, 0.25) is 0 Å². The summed E-state index contributed by atoms with van der Waals surface area (Å²) in [5, 5.41) is 16.5. The van der Waals surface area contributed by atoms with E-state index in [-0.39, 0.29) is 11.4 Å². The van der Waals surface area contributed by atoms with Crippen LogP contribution in [0.5, 0.6) is 5.75 Å². The van der Waals surface area contributed by atoms with E-state index < -0.39 is 4.92 Å². The van der Waals surface area contributed by atoms with Crippen LogP contribution in [0.25, 0.3) is 21.8 Å². The van der Waals surface area contributed by atoms with Crippen molar-refractivity contribution in [3.63, 3.8) is 0 Å². The van der Waals surface area contributed by atoms with Gasteiger partial charge in [-0.2, -0.15) is 0 Å². The molecule has 0 spiro atoms. The lowest BCUT2D eigenvalue weighted by atomic mass is 10.1. The van der Waals surface area contributed by atoms with Gasteiger partial charge in [0.25, 0.3) is 0 Å². The fraction of sp³-hybridized carbons (Fsp3) is 0.261. The van der Waals surface area contributed by atoms with E-state index >= 15 is 0 Å². The maximum atomic E-state index is 11.8. The van der Waals surface area contributed by atoms with Crippen molar-refractivity contribution in [2.45, 2.75) is 0 Å². The van der Waals surface area contributed by atoms with Gasteiger partial charge >= 0.3 is 5.69 Å². The van der Waals surface area contributed by atoms with Crippen LogP contribution in [0.4, 0.5) is 17.2 Å². The standard InChI is InChI=1S/C23H22N6O4/c30-29(31)21-13-18-20(14-22(21)33-11-8-28-6-9-32-10-7-28)25-15-26-23(18)27-17-3-4-19-16(12-17)2-1-5-24-19/h1-5,12-15H,6-11H2,(H,25,26,27). The lowest BCUT2D eigenvalue weighted by molar-refractivity contribution is -0.385. The molecule has 10 heteroatoms. The first-order valence-electron chi connectivity index (χ1n) is 10.7. The zero-order valence-electron chi connectivity index (χ0n) is 17.8. The molecule has 4 aromatic rings. The van der Waals surface area contributed by atoms with E-state index in [2.05, 4.69) is 25.2 Å². The van der Waals surface area contributed by atoms with Gasteiger partial charge in [0.15, 0.2) is 5.75 Å². The molecule has 33 heavy (non-hydrogen) atoms. The van der Waals surface area contributed by atoms with E-state index in [9.17, 15) is 10.1 Å². The maximum Gasteiger partial charge on any atom is 0.311 e. The third-order valence-corrected chi connectivity index (χ3v) is 5.55. The van der Waals surface area contributed by atoms with Crippen molar-refractivity contribution in [2.24, 2.45) is 0 Å². The predicted molar refractivity (Wildman–Crippen MR) is 124 cm³/mol. The van der Waals surface area contributed by atoms with Crippen molar-refractivity contribution in [1.82, 2.24) is 19.9 Å². The molecule has 3 heterocycles. The molecule has 0 unspecified atom stereocenters. The van der Waals surface area contributed by atoms with Crippen molar-refractivity contribution in [3.05, 3.63) is 65.1 Å². The summed E-state index contributed by atoms with van der Waals surface area (Å²) in [7, 11) is 0. The van der Waals surface area contributed by atoms with Crippen LogP contribution in [0.15, 0.2) is 55.0 Å². The molecule has 0 amide bonds. The second kappa shape index (κ2) is 9.31. The lowest BCUT2D eigenvalue weighted by Gasteiger charge is -2.26. The highest BCUT2D eigenvalue weighted by Crippen LogP contribution is 2.34. The number of nitrogens with one attached hydrogen (secondary N) is 1. The summed E-state index contributed by atoms with van der Waals surface area (Å²) in [6, 6.07) is 12.7. The molecule has 0 radical (unpaired) electrons. The number of hydrogen-bond donors (Lipinski definition) is 1. The van der Waals surface area contributed by atoms with Gasteiger partial charge in [0.1, 0.15) is 18.8 Å². The molecule has 5 rings (SSSR count). The minimum absolute atomic E-state index is 0.120. The van der Waals surface area contributed by atoms with Gasteiger partial charge < -0.3 is 14.8 Å². The van der Waals surface area contributed by atoms with Crippen molar-refractivity contribution in [2.75, 3.05) is 44.8 Å². The Morgan fingerprint density at radius 1 is 1.09 bits per heavy atom.